The largest absolute Gasteiger partial charge is 0.392 e. The maximum atomic E-state index is 8.96. The lowest BCUT2D eigenvalue weighted by atomic mass is 10.1. The van der Waals surface area contributed by atoms with Gasteiger partial charge in [0.05, 0.1) is 18.0 Å². The maximum absolute atomic E-state index is 8.96. The molecular weight excluding hydrogens is 152 g/mol. The van der Waals surface area contributed by atoms with Crippen molar-refractivity contribution in [2.24, 2.45) is 0 Å². The molecule has 0 unspecified atom stereocenters. The Morgan fingerprint density at radius 3 is 2.58 bits per heavy atom. The Morgan fingerprint density at radius 1 is 1.42 bits per heavy atom. The van der Waals surface area contributed by atoms with E-state index in [9.17, 15) is 0 Å². The third kappa shape index (κ3) is 1.80. The lowest BCUT2D eigenvalue weighted by molar-refractivity contribution is 0.280. The van der Waals surface area contributed by atoms with E-state index in [1.54, 1.807) is 0 Å². The molecule has 1 N–H and O–H groups in total. The molecule has 0 saturated heterocycles. The molecule has 0 aliphatic carbocycles. The monoisotopic (exact) mass is 166 g/mol. The topological polar surface area (TPSA) is 46.0 Å². The normalized spacial score (nSPS) is 10.8. The lowest BCUT2D eigenvalue weighted by Gasteiger charge is -2.06. The second-order valence-corrected chi connectivity index (χ2v) is 3.19. The van der Waals surface area contributed by atoms with E-state index in [-0.39, 0.29) is 6.61 Å². The average Bonchev–Trinajstić information content (AvgIpc) is 2.05. The molecule has 0 fully saturated rings. The number of aryl methyl sites for hydroxylation is 1. The third-order valence-corrected chi connectivity index (χ3v) is 1.86. The van der Waals surface area contributed by atoms with Gasteiger partial charge in [-0.15, -0.1) is 0 Å². The molecule has 1 rings (SSSR count). The molecule has 0 amide bonds. The lowest BCUT2D eigenvalue weighted by Crippen LogP contribution is -2.01. The molecule has 0 spiro atoms. The first kappa shape index (κ1) is 9.13. The average molecular weight is 166 g/mol. The van der Waals surface area contributed by atoms with Gasteiger partial charge in [-0.1, -0.05) is 13.8 Å². The van der Waals surface area contributed by atoms with Crippen LogP contribution in [0, 0.1) is 6.92 Å². The van der Waals surface area contributed by atoms with E-state index < -0.39 is 0 Å². The van der Waals surface area contributed by atoms with Gasteiger partial charge >= 0.3 is 0 Å². The first-order valence-corrected chi connectivity index (χ1v) is 4.09. The Morgan fingerprint density at radius 2 is 2.08 bits per heavy atom. The van der Waals surface area contributed by atoms with Gasteiger partial charge in [0.2, 0.25) is 0 Å². The summed E-state index contributed by atoms with van der Waals surface area (Å²) in [6.45, 7) is 6.00. The van der Waals surface area contributed by atoms with Crippen molar-refractivity contribution in [3.8, 4) is 0 Å². The van der Waals surface area contributed by atoms with Crippen LogP contribution in [0.4, 0.5) is 0 Å². The van der Waals surface area contributed by atoms with Crippen LogP contribution in [0.1, 0.15) is 36.7 Å². The Kier molecular flexibility index (Phi) is 2.76. The minimum atomic E-state index is 0.0427. The maximum Gasteiger partial charge on any atom is 0.0700 e. The van der Waals surface area contributed by atoms with E-state index in [1.165, 1.54) is 0 Å². The summed E-state index contributed by atoms with van der Waals surface area (Å²) in [5.41, 5.74) is 2.61. The first-order chi connectivity index (χ1) is 5.65. The second kappa shape index (κ2) is 3.63. The Hall–Kier alpha value is -0.960. The summed E-state index contributed by atoms with van der Waals surface area (Å²) < 4.78 is 0. The SMILES string of the molecule is Cc1nnc(C(C)C)cc1CO. The van der Waals surface area contributed by atoms with Crippen LogP contribution in [0.25, 0.3) is 0 Å². The van der Waals surface area contributed by atoms with Crippen molar-refractivity contribution in [1.82, 2.24) is 10.2 Å². The van der Waals surface area contributed by atoms with Crippen LogP contribution in [0.2, 0.25) is 0 Å². The van der Waals surface area contributed by atoms with Gasteiger partial charge < -0.3 is 5.11 Å². The molecule has 0 bridgehead atoms. The number of aliphatic hydroxyl groups is 1. The minimum Gasteiger partial charge on any atom is -0.392 e. The first-order valence-electron chi connectivity index (χ1n) is 4.09. The van der Waals surface area contributed by atoms with Gasteiger partial charge in [0.25, 0.3) is 0 Å². The van der Waals surface area contributed by atoms with E-state index in [1.807, 2.05) is 13.0 Å². The highest BCUT2D eigenvalue weighted by molar-refractivity contribution is 5.20. The van der Waals surface area contributed by atoms with Crippen LogP contribution < -0.4 is 0 Å². The summed E-state index contributed by atoms with van der Waals surface area (Å²) in [4.78, 5) is 0. The molecule has 3 nitrogen and oxygen atoms in total. The fourth-order valence-electron chi connectivity index (χ4n) is 0.951. The molecule has 1 heterocycles. The van der Waals surface area contributed by atoms with Crippen molar-refractivity contribution in [2.75, 3.05) is 0 Å². The third-order valence-electron chi connectivity index (χ3n) is 1.86. The molecule has 1 aromatic rings. The summed E-state index contributed by atoms with van der Waals surface area (Å²) in [7, 11) is 0. The van der Waals surface area contributed by atoms with Crippen LogP contribution in [0.15, 0.2) is 6.07 Å². The molecular formula is C9H14N2O. The van der Waals surface area contributed by atoms with Crippen molar-refractivity contribution in [3.05, 3.63) is 23.0 Å². The molecule has 66 valence electrons. The van der Waals surface area contributed by atoms with Crippen molar-refractivity contribution in [3.63, 3.8) is 0 Å². The molecule has 0 aliphatic heterocycles. The van der Waals surface area contributed by atoms with E-state index in [2.05, 4.69) is 24.0 Å². The van der Waals surface area contributed by atoms with Gasteiger partial charge in [0, 0.05) is 5.56 Å². The highest BCUT2D eigenvalue weighted by Gasteiger charge is 2.05. The van der Waals surface area contributed by atoms with Crippen LogP contribution in [-0.2, 0) is 6.61 Å². The van der Waals surface area contributed by atoms with Crippen LogP contribution in [0.5, 0.6) is 0 Å². The molecule has 0 radical (unpaired) electrons. The number of aliphatic hydroxyl groups excluding tert-OH is 1. The van der Waals surface area contributed by atoms with Gasteiger partial charge in [-0.05, 0) is 18.9 Å². The Labute approximate surface area is 72.5 Å². The van der Waals surface area contributed by atoms with E-state index in [0.717, 1.165) is 17.0 Å². The van der Waals surface area contributed by atoms with E-state index in [4.69, 9.17) is 5.11 Å². The summed E-state index contributed by atoms with van der Waals surface area (Å²) in [6.07, 6.45) is 0. The van der Waals surface area contributed by atoms with Gasteiger partial charge in [-0.25, -0.2) is 0 Å². The fourth-order valence-corrected chi connectivity index (χ4v) is 0.951. The fraction of sp³-hybridized carbons (Fsp3) is 0.556. The van der Waals surface area contributed by atoms with Crippen LogP contribution >= 0.6 is 0 Å². The summed E-state index contributed by atoms with van der Waals surface area (Å²) in [5.74, 6) is 0.364. The number of nitrogens with zero attached hydrogens (tertiary/aromatic N) is 2. The van der Waals surface area contributed by atoms with Crippen molar-refractivity contribution in [1.29, 1.82) is 0 Å². The van der Waals surface area contributed by atoms with Crippen LogP contribution in [-0.4, -0.2) is 15.3 Å². The highest BCUT2D eigenvalue weighted by atomic mass is 16.3. The standard InChI is InChI=1S/C9H14N2O/c1-6(2)9-4-8(5-12)7(3)10-11-9/h4,6,12H,5H2,1-3H3. The Balaban J connectivity index is 3.05. The second-order valence-electron chi connectivity index (χ2n) is 3.19. The Bertz CT molecular complexity index is 271. The zero-order chi connectivity index (χ0) is 9.14. The summed E-state index contributed by atoms with van der Waals surface area (Å²) in [5, 5.41) is 16.9. The quantitative estimate of drug-likeness (QED) is 0.722. The van der Waals surface area contributed by atoms with E-state index >= 15 is 0 Å². The van der Waals surface area contributed by atoms with Crippen molar-refractivity contribution in [2.45, 2.75) is 33.3 Å². The zero-order valence-corrected chi connectivity index (χ0v) is 7.70. The highest BCUT2D eigenvalue weighted by Crippen LogP contribution is 2.13. The molecule has 1 aromatic heterocycles. The zero-order valence-electron chi connectivity index (χ0n) is 7.70. The summed E-state index contributed by atoms with van der Waals surface area (Å²) >= 11 is 0. The van der Waals surface area contributed by atoms with Gasteiger partial charge in [-0.3, -0.25) is 0 Å². The number of rotatable bonds is 2. The summed E-state index contributed by atoms with van der Waals surface area (Å²) in [6, 6.07) is 1.91. The smallest absolute Gasteiger partial charge is 0.0700 e. The number of hydrogen-bond donors (Lipinski definition) is 1. The molecule has 0 aliphatic rings. The minimum absolute atomic E-state index is 0.0427. The van der Waals surface area contributed by atoms with Gasteiger partial charge in [-0.2, -0.15) is 10.2 Å². The van der Waals surface area contributed by atoms with E-state index in [0.29, 0.717) is 5.92 Å². The molecule has 0 aromatic carbocycles. The van der Waals surface area contributed by atoms with Crippen LogP contribution in [0.3, 0.4) is 0 Å². The van der Waals surface area contributed by atoms with Crippen molar-refractivity contribution < 1.29 is 5.11 Å². The predicted octanol–water partition coefficient (Wildman–Crippen LogP) is 1.40. The molecule has 0 atom stereocenters. The van der Waals surface area contributed by atoms with Crippen molar-refractivity contribution >= 4 is 0 Å². The predicted molar refractivity (Wildman–Crippen MR) is 46.8 cm³/mol. The number of hydrogen-bond acceptors (Lipinski definition) is 3. The van der Waals surface area contributed by atoms with Gasteiger partial charge in [0.1, 0.15) is 0 Å². The molecule has 0 saturated carbocycles. The molecule has 12 heavy (non-hydrogen) atoms. The van der Waals surface area contributed by atoms with Gasteiger partial charge in [0.15, 0.2) is 0 Å². The molecule has 3 heteroatoms. The number of aromatic nitrogens is 2.